The van der Waals surface area contributed by atoms with E-state index in [-0.39, 0.29) is 38.6 Å². The number of ether oxygens (including phenoxy) is 2. The predicted octanol–water partition coefficient (Wildman–Crippen LogP) is 15.6. The second-order valence-electron chi connectivity index (χ2n) is 17.8. The van der Waals surface area contributed by atoms with E-state index < -0.39 is 26.5 Å². The fourth-order valence-corrected chi connectivity index (χ4v) is 8.64. The van der Waals surface area contributed by atoms with Crippen LogP contribution in [0.3, 0.4) is 0 Å². The van der Waals surface area contributed by atoms with Crippen molar-refractivity contribution in [3.63, 3.8) is 0 Å². The molecule has 358 valence electrons. The topological polar surface area (TPSA) is 134 Å². The molecule has 0 saturated carbocycles. The predicted molar refractivity (Wildman–Crippen MR) is 252 cm³/mol. The Labute approximate surface area is 371 Å². The first-order valence-electron chi connectivity index (χ1n) is 26.0. The average molecular weight is 874 g/mol. The van der Waals surface area contributed by atoms with Crippen molar-refractivity contribution in [1.82, 2.24) is 0 Å². The van der Waals surface area contributed by atoms with Gasteiger partial charge in [0.15, 0.2) is 6.10 Å². The monoisotopic (exact) mass is 874 g/mol. The number of phosphoric acid groups is 1. The highest BCUT2D eigenvalue weighted by Gasteiger charge is 2.26. The van der Waals surface area contributed by atoms with Gasteiger partial charge in [-0.1, -0.05) is 251 Å². The second-order valence-corrected chi connectivity index (χ2v) is 19.2. The van der Waals surface area contributed by atoms with E-state index in [0.29, 0.717) is 6.42 Å². The standard InChI is InChI=1S/C50H100NO8P/c1-3-5-7-9-11-13-15-17-19-21-23-25-27-29-31-33-35-37-39-41-43-50(53)59-48(47-58-60(54,55)57-45-44-51)46-56-49(52)42-40-38-36-34-32-30-28-26-24-22-20-18-16-14-12-10-8-6-4-2/h48H,3-47,51H2,1-2H3,(H,54,55). The Bertz CT molecular complexity index is 953. The Morgan fingerprint density at radius 3 is 1.02 bits per heavy atom. The summed E-state index contributed by atoms with van der Waals surface area (Å²) in [5.74, 6) is -0.805. The number of carbonyl (C=O) groups excluding carboxylic acids is 2. The maximum atomic E-state index is 12.6. The zero-order valence-electron chi connectivity index (χ0n) is 39.7. The summed E-state index contributed by atoms with van der Waals surface area (Å²) in [5.41, 5.74) is 5.37. The van der Waals surface area contributed by atoms with E-state index in [9.17, 15) is 19.0 Å². The second kappa shape index (κ2) is 47.5. The molecule has 0 heterocycles. The summed E-state index contributed by atoms with van der Waals surface area (Å²) in [6.07, 6.45) is 50.0. The fourth-order valence-electron chi connectivity index (χ4n) is 7.87. The lowest BCUT2D eigenvalue weighted by molar-refractivity contribution is -0.161. The highest BCUT2D eigenvalue weighted by molar-refractivity contribution is 7.47. The van der Waals surface area contributed by atoms with E-state index in [2.05, 4.69) is 13.8 Å². The van der Waals surface area contributed by atoms with Gasteiger partial charge in [0.1, 0.15) is 6.61 Å². The summed E-state index contributed by atoms with van der Waals surface area (Å²) in [5, 5.41) is 0. The van der Waals surface area contributed by atoms with Crippen LogP contribution in [0.1, 0.15) is 277 Å². The van der Waals surface area contributed by atoms with E-state index in [1.807, 2.05) is 0 Å². The van der Waals surface area contributed by atoms with Crippen molar-refractivity contribution in [1.29, 1.82) is 0 Å². The van der Waals surface area contributed by atoms with Gasteiger partial charge in [0.25, 0.3) is 0 Å². The van der Waals surface area contributed by atoms with Gasteiger partial charge in [-0.15, -0.1) is 0 Å². The molecule has 0 rings (SSSR count). The number of nitrogens with two attached hydrogens (primary N) is 1. The van der Waals surface area contributed by atoms with Crippen molar-refractivity contribution in [2.75, 3.05) is 26.4 Å². The summed E-state index contributed by atoms with van der Waals surface area (Å²) >= 11 is 0. The third-order valence-electron chi connectivity index (χ3n) is 11.7. The first-order chi connectivity index (χ1) is 29.3. The zero-order chi connectivity index (χ0) is 43.9. The third kappa shape index (κ3) is 46.5. The minimum atomic E-state index is -4.37. The molecule has 0 radical (unpaired) electrons. The van der Waals surface area contributed by atoms with Crippen LogP contribution in [-0.2, 0) is 32.7 Å². The zero-order valence-corrected chi connectivity index (χ0v) is 40.6. The normalized spacial score (nSPS) is 13.1. The molecule has 9 nitrogen and oxygen atoms in total. The maximum Gasteiger partial charge on any atom is 0.472 e. The molecule has 10 heteroatoms. The Hall–Kier alpha value is -0.990. The Balaban J connectivity index is 3.98. The molecule has 0 aromatic carbocycles. The van der Waals surface area contributed by atoms with Gasteiger partial charge >= 0.3 is 19.8 Å². The highest BCUT2D eigenvalue weighted by atomic mass is 31.2. The smallest absolute Gasteiger partial charge is 0.462 e. The summed E-state index contributed by atoms with van der Waals surface area (Å²) in [4.78, 5) is 35.1. The Kier molecular flexibility index (Phi) is 46.7. The number of phosphoric ester groups is 1. The van der Waals surface area contributed by atoms with E-state index in [4.69, 9.17) is 24.3 Å². The van der Waals surface area contributed by atoms with Crippen molar-refractivity contribution in [3.8, 4) is 0 Å². The SMILES string of the molecule is CCCCCCCCCCCCCCCCCCCCCCC(=O)OC(COC(=O)CCCCCCCCCCCCCCCCCCCCC)COP(=O)(O)OCCN. The molecule has 0 aliphatic heterocycles. The molecule has 2 unspecified atom stereocenters. The first-order valence-corrected chi connectivity index (χ1v) is 27.5. The van der Waals surface area contributed by atoms with Crippen LogP contribution in [0.2, 0.25) is 0 Å². The lowest BCUT2D eigenvalue weighted by Gasteiger charge is -2.19. The number of carbonyl (C=O) groups is 2. The van der Waals surface area contributed by atoms with Crippen LogP contribution in [0.5, 0.6) is 0 Å². The van der Waals surface area contributed by atoms with Crippen LogP contribution in [0.25, 0.3) is 0 Å². The summed E-state index contributed by atoms with van der Waals surface area (Å²) < 4.78 is 33.0. The number of esters is 2. The van der Waals surface area contributed by atoms with Crippen LogP contribution < -0.4 is 5.73 Å². The number of hydrogen-bond donors (Lipinski definition) is 2. The van der Waals surface area contributed by atoms with Gasteiger partial charge in [-0.05, 0) is 12.8 Å². The fraction of sp³-hybridized carbons (Fsp3) is 0.960. The third-order valence-corrected chi connectivity index (χ3v) is 12.7. The molecule has 0 aromatic heterocycles. The minimum absolute atomic E-state index is 0.0584. The lowest BCUT2D eigenvalue weighted by Crippen LogP contribution is -2.29. The van der Waals surface area contributed by atoms with Gasteiger partial charge in [-0.25, -0.2) is 4.57 Å². The molecular weight excluding hydrogens is 774 g/mol. The largest absolute Gasteiger partial charge is 0.472 e. The molecule has 0 bridgehead atoms. The number of unbranched alkanes of at least 4 members (excludes halogenated alkanes) is 37. The summed E-state index contributed by atoms with van der Waals surface area (Å²) in [6.45, 7) is 3.81. The van der Waals surface area contributed by atoms with Gasteiger partial charge in [-0.2, -0.15) is 0 Å². The molecule has 2 atom stereocenters. The lowest BCUT2D eigenvalue weighted by atomic mass is 10.0. The van der Waals surface area contributed by atoms with Gasteiger partial charge in [0, 0.05) is 19.4 Å². The molecule has 0 aliphatic carbocycles. The van der Waals surface area contributed by atoms with Crippen LogP contribution in [0.15, 0.2) is 0 Å². The van der Waals surface area contributed by atoms with Gasteiger partial charge in [0.05, 0.1) is 13.2 Å². The van der Waals surface area contributed by atoms with Crippen LogP contribution in [-0.4, -0.2) is 49.3 Å². The van der Waals surface area contributed by atoms with Gasteiger partial charge in [0.2, 0.25) is 0 Å². The molecule has 0 spiro atoms. The quantitative estimate of drug-likeness (QED) is 0.0348. The van der Waals surface area contributed by atoms with E-state index in [1.54, 1.807) is 0 Å². The molecule has 0 aliphatic rings. The Morgan fingerprint density at radius 2 is 0.717 bits per heavy atom. The molecule has 0 aromatic rings. The van der Waals surface area contributed by atoms with Gasteiger partial charge in [-0.3, -0.25) is 18.6 Å². The van der Waals surface area contributed by atoms with Crippen LogP contribution in [0, 0.1) is 0 Å². The van der Waals surface area contributed by atoms with Crippen molar-refractivity contribution in [2.45, 2.75) is 283 Å². The van der Waals surface area contributed by atoms with Crippen LogP contribution >= 0.6 is 7.82 Å². The summed E-state index contributed by atoms with van der Waals surface area (Å²) in [6, 6.07) is 0. The molecule has 0 saturated heterocycles. The van der Waals surface area contributed by atoms with Crippen LogP contribution in [0.4, 0.5) is 0 Å². The van der Waals surface area contributed by atoms with E-state index >= 15 is 0 Å². The summed E-state index contributed by atoms with van der Waals surface area (Å²) in [7, 11) is -4.37. The molecule has 3 N–H and O–H groups in total. The van der Waals surface area contributed by atoms with Crippen molar-refractivity contribution < 1.29 is 37.6 Å². The van der Waals surface area contributed by atoms with Crippen molar-refractivity contribution >= 4 is 19.8 Å². The van der Waals surface area contributed by atoms with E-state index in [0.717, 1.165) is 32.1 Å². The van der Waals surface area contributed by atoms with Crippen molar-refractivity contribution in [3.05, 3.63) is 0 Å². The van der Waals surface area contributed by atoms with Crippen molar-refractivity contribution in [2.24, 2.45) is 5.73 Å². The number of hydrogen-bond acceptors (Lipinski definition) is 8. The Morgan fingerprint density at radius 1 is 0.433 bits per heavy atom. The molecular formula is C50H100NO8P. The molecule has 0 amide bonds. The molecule has 0 fully saturated rings. The first kappa shape index (κ1) is 59.0. The highest BCUT2D eigenvalue weighted by Crippen LogP contribution is 2.43. The minimum Gasteiger partial charge on any atom is -0.462 e. The average Bonchev–Trinajstić information content (AvgIpc) is 3.24. The number of rotatable bonds is 50. The maximum absolute atomic E-state index is 12.6. The van der Waals surface area contributed by atoms with Gasteiger partial charge < -0.3 is 20.1 Å². The van der Waals surface area contributed by atoms with E-state index in [1.165, 1.54) is 212 Å². The molecule has 60 heavy (non-hydrogen) atoms.